The highest BCUT2D eigenvalue weighted by molar-refractivity contribution is 6.03. The van der Waals surface area contributed by atoms with Crippen LogP contribution in [0.4, 0.5) is 0 Å². The molecule has 0 spiro atoms. The highest BCUT2D eigenvalue weighted by atomic mass is 16.5. The summed E-state index contributed by atoms with van der Waals surface area (Å²) in [5, 5.41) is 0. The van der Waals surface area contributed by atoms with E-state index in [0.717, 1.165) is 38.7 Å². The Morgan fingerprint density at radius 2 is 1.36 bits per heavy atom. The Morgan fingerprint density at radius 3 is 1.93 bits per heavy atom. The number of esters is 2. The van der Waals surface area contributed by atoms with Gasteiger partial charge < -0.3 is 14.2 Å². The lowest BCUT2D eigenvalue weighted by Crippen LogP contribution is -2.16. The fourth-order valence-corrected chi connectivity index (χ4v) is 3.02. The van der Waals surface area contributed by atoms with Crippen molar-refractivity contribution in [1.29, 1.82) is 0 Å². The van der Waals surface area contributed by atoms with Crippen LogP contribution >= 0.6 is 0 Å². The molecule has 0 N–H and O–H groups in total. The quantitative estimate of drug-likeness (QED) is 0.294. The van der Waals surface area contributed by atoms with Gasteiger partial charge in [-0.05, 0) is 37.3 Å². The lowest BCUT2D eigenvalue weighted by molar-refractivity contribution is 0.0436. The molecule has 1 atom stereocenters. The summed E-state index contributed by atoms with van der Waals surface area (Å²) in [6.07, 6.45) is 8.24. The van der Waals surface area contributed by atoms with Crippen molar-refractivity contribution in [3.8, 4) is 0 Å². The van der Waals surface area contributed by atoms with Crippen LogP contribution < -0.4 is 0 Å². The van der Waals surface area contributed by atoms with E-state index in [4.69, 9.17) is 14.2 Å². The molecule has 0 aliphatic heterocycles. The van der Waals surface area contributed by atoms with Crippen molar-refractivity contribution in [3.05, 3.63) is 35.4 Å². The molecule has 1 unspecified atom stereocenters. The van der Waals surface area contributed by atoms with E-state index >= 15 is 0 Å². The lowest BCUT2D eigenvalue weighted by Gasteiger charge is -2.16. The Kier molecular flexibility index (Phi) is 13.0. The summed E-state index contributed by atoms with van der Waals surface area (Å²) in [6.45, 7) is 5.64. The number of benzene rings is 1. The molecule has 0 saturated carbocycles. The molecule has 0 aliphatic carbocycles. The van der Waals surface area contributed by atoms with Crippen LogP contribution in [0.25, 0.3) is 0 Å². The number of carbonyl (C=O) groups is 2. The standard InChI is InChI=1S/C23H36O5/c1-4-6-8-11-19(14-17-26-3)15-18-28-23(25)21-13-10-9-12-20(21)22(24)27-16-7-5-2/h9-10,12-13,19H,4-8,11,14-18H2,1-3H3. The molecule has 0 aromatic heterocycles. The molecule has 1 aromatic rings. The minimum Gasteiger partial charge on any atom is -0.462 e. The van der Waals surface area contributed by atoms with Gasteiger partial charge in [-0.3, -0.25) is 0 Å². The predicted molar refractivity (Wildman–Crippen MR) is 111 cm³/mol. The third-order valence-electron chi connectivity index (χ3n) is 4.80. The number of hydrogen-bond donors (Lipinski definition) is 0. The summed E-state index contributed by atoms with van der Waals surface area (Å²) in [7, 11) is 1.71. The van der Waals surface area contributed by atoms with Gasteiger partial charge in [0.2, 0.25) is 0 Å². The van der Waals surface area contributed by atoms with Crippen molar-refractivity contribution >= 4 is 11.9 Å². The topological polar surface area (TPSA) is 61.8 Å². The van der Waals surface area contributed by atoms with Crippen LogP contribution in [-0.4, -0.2) is 38.9 Å². The van der Waals surface area contributed by atoms with Crippen LogP contribution in [-0.2, 0) is 14.2 Å². The van der Waals surface area contributed by atoms with Crippen molar-refractivity contribution in [3.63, 3.8) is 0 Å². The molecule has 0 radical (unpaired) electrons. The first-order valence-corrected chi connectivity index (χ1v) is 10.6. The summed E-state index contributed by atoms with van der Waals surface area (Å²) >= 11 is 0. The summed E-state index contributed by atoms with van der Waals surface area (Å²) in [4.78, 5) is 24.7. The maximum absolute atomic E-state index is 12.5. The Balaban J connectivity index is 2.58. The molecule has 0 fully saturated rings. The Labute approximate surface area is 169 Å². The molecule has 28 heavy (non-hydrogen) atoms. The van der Waals surface area contributed by atoms with E-state index < -0.39 is 11.9 Å². The molecule has 158 valence electrons. The minimum atomic E-state index is -0.474. The first-order chi connectivity index (χ1) is 13.6. The third kappa shape index (κ3) is 9.36. The summed E-state index contributed by atoms with van der Waals surface area (Å²) in [5.74, 6) is -0.464. The number of rotatable bonds is 15. The minimum absolute atomic E-state index is 0.266. The van der Waals surface area contributed by atoms with E-state index in [9.17, 15) is 9.59 Å². The number of hydrogen-bond acceptors (Lipinski definition) is 5. The maximum atomic E-state index is 12.5. The highest BCUT2D eigenvalue weighted by Crippen LogP contribution is 2.19. The molecule has 0 bridgehead atoms. The van der Waals surface area contributed by atoms with Gasteiger partial charge in [-0.15, -0.1) is 0 Å². The van der Waals surface area contributed by atoms with Crippen LogP contribution in [0.3, 0.4) is 0 Å². The van der Waals surface area contributed by atoms with E-state index in [1.165, 1.54) is 19.3 Å². The fraction of sp³-hybridized carbons (Fsp3) is 0.652. The van der Waals surface area contributed by atoms with Gasteiger partial charge in [-0.25, -0.2) is 9.59 Å². The smallest absolute Gasteiger partial charge is 0.339 e. The van der Waals surface area contributed by atoms with Crippen molar-refractivity contribution in [1.82, 2.24) is 0 Å². The monoisotopic (exact) mass is 392 g/mol. The van der Waals surface area contributed by atoms with Crippen LogP contribution in [0.1, 0.15) is 85.9 Å². The van der Waals surface area contributed by atoms with Crippen LogP contribution in [0, 0.1) is 5.92 Å². The van der Waals surface area contributed by atoms with Gasteiger partial charge in [-0.2, -0.15) is 0 Å². The number of carbonyl (C=O) groups excluding carboxylic acids is 2. The number of methoxy groups -OCH3 is 1. The second kappa shape index (κ2) is 15.1. The van der Waals surface area contributed by atoms with Crippen molar-refractivity contribution in [2.75, 3.05) is 26.9 Å². The zero-order chi connectivity index (χ0) is 20.6. The average Bonchev–Trinajstić information content (AvgIpc) is 2.71. The van der Waals surface area contributed by atoms with Crippen LogP contribution in [0.15, 0.2) is 24.3 Å². The average molecular weight is 393 g/mol. The van der Waals surface area contributed by atoms with E-state index in [-0.39, 0.29) is 11.1 Å². The second-order valence-electron chi connectivity index (χ2n) is 7.10. The molecule has 0 aliphatic rings. The molecule has 1 aromatic carbocycles. The second-order valence-corrected chi connectivity index (χ2v) is 7.10. The normalized spacial score (nSPS) is 11.8. The van der Waals surface area contributed by atoms with E-state index in [2.05, 4.69) is 6.92 Å². The lowest BCUT2D eigenvalue weighted by atomic mass is 9.95. The zero-order valence-corrected chi connectivity index (χ0v) is 17.7. The van der Waals surface area contributed by atoms with Gasteiger partial charge in [0.1, 0.15) is 0 Å². The van der Waals surface area contributed by atoms with Gasteiger partial charge >= 0.3 is 11.9 Å². The molecular formula is C23H36O5. The van der Waals surface area contributed by atoms with E-state index in [0.29, 0.717) is 19.1 Å². The number of ether oxygens (including phenoxy) is 3. The zero-order valence-electron chi connectivity index (χ0n) is 17.7. The fourth-order valence-electron chi connectivity index (χ4n) is 3.02. The van der Waals surface area contributed by atoms with Crippen molar-refractivity contribution in [2.24, 2.45) is 5.92 Å². The SMILES string of the molecule is CCCCCC(CCOC)CCOC(=O)c1ccccc1C(=O)OCCCC. The highest BCUT2D eigenvalue weighted by Gasteiger charge is 2.19. The molecule has 1 rings (SSSR count). The first-order valence-electron chi connectivity index (χ1n) is 10.6. The summed E-state index contributed by atoms with van der Waals surface area (Å²) in [6, 6.07) is 6.67. The van der Waals surface area contributed by atoms with Gasteiger partial charge in [0, 0.05) is 13.7 Å². The van der Waals surface area contributed by atoms with Gasteiger partial charge in [0.15, 0.2) is 0 Å². The Bertz CT molecular complexity index is 570. The Hall–Kier alpha value is -1.88. The maximum Gasteiger partial charge on any atom is 0.339 e. The molecule has 5 heteroatoms. The van der Waals surface area contributed by atoms with Gasteiger partial charge in [0.25, 0.3) is 0 Å². The van der Waals surface area contributed by atoms with Gasteiger partial charge in [0.05, 0.1) is 24.3 Å². The first kappa shape index (κ1) is 24.2. The van der Waals surface area contributed by atoms with Crippen LogP contribution in [0.5, 0.6) is 0 Å². The molecule has 0 amide bonds. The van der Waals surface area contributed by atoms with Gasteiger partial charge in [-0.1, -0.05) is 58.1 Å². The summed E-state index contributed by atoms with van der Waals surface area (Å²) in [5.41, 5.74) is 0.533. The molecular weight excluding hydrogens is 356 g/mol. The van der Waals surface area contributed by atoms with Crippen molar-refractivity contribution < 1.29 is 23.8 Å². The number of unbranched alkanes of at least 4 members (excludes halogenated alkanes) is 3. The van der Waals surface area contributed by atoms with E-state index in [1.54, 1.807) is 31.4 Å². The Morgan fingerprint density at radius 1 is 0.786 bits per heavy atom. The molecule has 5 nitrogen and oxygen atoms in total. The largest absolute Gasteiger partial charge is 0.462 e. The van der Waals surface area contributed by atoms with E-state index in [1.807, 2.05) is 6.92 Å². The third-order valence-corrected chi connectivity index (χ3v) is 4.80. The van der Waals surface area contributed by atoms with Crippen molar-refractivity contribution in [2.45, 2.75) is 65.2 Å². The van der Waals surface area contributed by atoms with Crippen LogP contribution in [0.2, 0.25) is 0 Å². The molecule has 0 heterocycles. The summed E-state index contributed by atoms with van der Waals surface area (Å²) < 4.78 is 15.9. The molecule has 0 saturated heterocycles. The predicted octanol–water partition coefficient (Wildman–Crippen LogP) is 5.42.